The number of aromatic nitrogens is 1. The fourth-order valence-electron chi connectivity index (χ4n) is 2.44. The van der Waals surface area contributed by atoms with Crippen LogP contribution in [0.1, 0.15) is 27.8 Å². The zero-order chi connectivity index (χ0) is 17.8. The lowest BCUT2D eigenvalue weighted by molar-refractivity contribution is 0.0470. The van der Waals surface area contributed by atoms with Gasteiger partial charge in [0.05, 0.1) is 11.6 Å². The van der Waals surface area contributed by atoms with Crippen LogP contribution in [0, 0.1) is 0 Å². The van der Waals surface area contributed by atoms with Crippen LogP contribution >= 0.6 is 11.6 Å². The monoisotopic (exact) mass is 357 g/mol. The van der Waals surface area contributed by atoms with Gasteiger partial charge in [-0.15, -0.1) is 0 Å². The average molecular weight is 358 g/mol. The van der Waals surface area contributed by atoms with E-state index in [0.29, 0.717) is 17.9 Å². The summed E-state index contributed by atoms with van der Waals surface area (Å²) in [5, 5.41) is 1.02. The molecule has 128 valence electrons. The summed E-state index contributed by atoms with van der Waals surface area (Å²) < 4.78 is 10.4. The van der Waals surface area contributed by atoms with Crippen molar-refractivity contribution in [3.63, 3.8) is 0 Å². The van der Waals surface area contributed by atoms with Gasteiger partial charge in [-0.2, -0.15) is 0 Å². The summed E-state index contributed by atoms with van der Waals surface area (Å²) in [6, 6.07) is 13.9. The highest BCUT2D eigenvalue weighted by molar-refractivity contribution is 6.38. The molecular formula is C19H16ClNO4. The van der Waals surface area contributed by atoms with Crippen molar-refractivity contribution in [1.82, 2.24) is 4.98 Å². The number of hydrogen-bond donors (Lipinski definition) is 1. The molecule has 0 aliphatic carbocycles. The lowest BCUT2D eigenvalue weighted by atomic mass is 10.1. The smallest absolute Gasteiger partial charge is 0.356 e. The molecule has 25 heavy (non-hydrogen) atoms. The van der Waals surface area contributed by atoms with Crippen molar-refractivity contribution in [3.05, 3.63) is 64.8 Å². The zero-order valence-corrected chi connectivity index (χ0v) is 14.3. The number of esters is 1. The summed E-state index contributed by atoms with van der Waals surface area (Å²) in [7, 11) is 0. The number of nitrogens with one attached hydrogen (secondary N) is 1. The number of carbonyl (C=O) groups excluding carboxylic acids is 2. The Labute approximate surface area is 149 Å². The molecular weight excluding hydrogens is 342 g/mol. The van der Waals surface area contributed by atoms with E-state index in [0.717, 1.165) is 10.9 Å². The number of hydrogen-bond acceptors (Lipinski definition) is 4. The van der Waals surface area contributed by atoms with Crippen molar-refractivity contribution in [1.29, 1.82) is 0 Å². The summed E-state index contributed by atoms with van der Waals surface area (Å²) in [5.41, 5.74) is 1.32. The van der Waals surface area contributed by atoms with Gasteiger partial charge in [0, 0.05) is 16.5 Å². The number of rotatable bonds is 6. The maximum atomic E-state index is 12.2. The molecule has 0 aliphatic heterocycles. The number of H-pyrrole nitrogens is 1. The van der Waals surface area contributed by atoms with E-state index >= 15 is 0 Å². The number of para-hydroxylation sites is 1. The van der Waals surface area contributed by atoms with Crippen LogP contribution in [0.5, 0.6) is 5.75 Å². The van der Waals surface area contributed by atoms with Gasteiger partial charge in [0.15, 0.2) is 12.4 Å². The van der Waals surface area contributed by atoms with Gasteiger partial charge in [0.2, 0.25) is 0 Å². The number of ether oxygens (including phenoxy) is 2. The van der Waals surface area contributed by atoms with Gasteiger partial charge in [0.1, 0.15) is 11.4 Å². The molecule has 1 N–H and O–H groups in total. The minimum absolute atomic E-state index is 0.141. The molecule has 0 unspecified atom stereocenters. The third kappa shape index (κ3) is 3.67. The lowest BCUT2D eigenvalue weighted by Crippen LogP contribution is -2.14. The third-order valence-electron chi connectivity index (χ3n) is 3.67. The molecule has 0 bridgehead atoms. The van der Waals surface area contributed by atoms with E-state index in [9.17, 15) is 9.59 Å². The first-order valence-electron chi connectivity index (χ1n) is 7.79. The van der Waals surface area contributed by atoms with E-state index in [2.05, 4.69) is 4.98 Å². The predicted molar refractivity (Wildman–Crippen MR) is 95.5 cm³/mol. The minimum atomic E-state index is -0.666. The third-order valence-corrected chi connectivity index (χ3v) is 4.06. The molecule has 2 aromatic carbocycles. The SMILES string of the molecule is CCOc1ccc(C(=O)COC(=O)c2[nH]c3ccccc3c2Cl)cc1. The Bertz CT molecular complexity index is 915. The Hall–Kier alpha value is -2.79. The number of ketones is 1. The fraction of sp³-hybridized carbons (Fsp3) is 0.158. The normalized spacial score (nSPS) is 10.6. The van der Waals surface area contributed by atoms with E-state index in [-0.39, 0.29) is 23.1 Å². The maximum absolute atomic E-state index is 12.2. The van der Waals surface area contributed by atoms with Crippen LogP contribution in [-0.2, 0) is 4.74 Å². The summed E-state index contributed by atoms with van der Waals surface area (Å²) in [6.45, 7) is 2.07. The Morgan fingerprint density at radius 3 is 2.48 bits per heavy atom. The second-order valence-corrected chi connectivity index (χ2v) is 5.69. The summed E-state index contributed by atoms with van der Waals surface area (Å²) in [4.78, 5) is 27.3. The Morgan fingerprint density at radius 1 is 1.08 bits per heavy atom. The molecule has 0 spiro atoms. The minimum Gasteiger partial charge on any atom is -0.494 e. The number of fused-ring (bicyclic) bond motifs is 1. The molecule has 0 aliphatic rings. The van der Waals surface area contributed by atoms with Crippen LogP contribution in [0.4, 0.5) is 0 Å². The molecule has 0 saturated carbocycles. The molecule has 0 atom stereocenters. The highest BCUT2D eigenvalue weighted by Crippen LogP contribution is 2.27. The highest BCUT2D eigenvalue weighted by Gasteiger charge is 2.19. The molecule has 6 heteroatoms. The Morgan fingerprint density at radius 2 is 1.80 bits per heavy atom. The largest absolute Gasteiger partial charge is 0.494 e. The molecule has 3 rings (SSSR count). The number of Topliss-reactive ketones (excluding diaryl/α,β-unsaturated/α-hetero) is 1. The number of aromatic amines is 1. The van der Waals surface area contributed by atoms with Crippen LogP contribution in [-0.4, -0.2) is 30.0 Å². The van der Waals surface area contributed by atoms with Crippen LogP contribution in [0.15, 0.2) is 48.5 Å². The van der Waals surface area contributed by atoms with Crippen LogP contribution < -0.4 is 4.74 Å². The second kappa shape index (κ2) is 7.40. The predicted octanol–water partition coefficient (Wildman–Crippen LogP) is 4.26. The lowest BCUT2D eigenvalue weighted by Gasteiger charge is -2.05. The quantitative estimate of drug-likeness (QED) is 0.528. The van der Waals surface area contributed by atoms with E-state index in [4.69, 9.17) is 21.1 Å². The van der Waals surface area contributed by atoms with Crippen LogP contribution in [0.2, 0.25) is 5.02 Å². The van der Waals surface area contributed by atoms with Crippen molar-refractivity contribution in [3.8, 4) is 5.75 Å². The fourth-order valence-corrected chi connectivity index (χ4v) is 2.73. The van der Waals surface area contributed by atoms with Gasteiger partial charge in [-0.3, -0.25) is 4.79 Å². The summed E-state index contributed by atoms with van der Waals surface area (Å²) >= 11 is 6.20. The van der Waals surface area contributed by atoms with Gasteiger partial charge in [-0.05, 0) is 37.3 Å². The van der Waals surface area contributed by atoms with Gasteiger partial charge in [-0.25, -0.2) is 4.79 Å². The van der Waals surface area contributed by atoms with Crippen LogP contribution in [0.3, 0.4) is 0 Å². The first kappa shape index (κ1) is 17.0. The number of benzene rings is 2. The molecule has 1 heterocycles. The zero-order valence-electron chi connectivity index (χ0n) is 13.5. The van der Waals surface area contributed by atoms with Crippen molar-refractivity contribution in [2.45, 2.75) is 6.92 Å². The summed E-state index contributed by atoms with van der Waals surface area (Å²) in [5.74, 6) is -0.287. The van der Waals surface area contributed by atoms with E-state index in [1.165, 1.54) is 0 Å². The average Bonchev–Trinajstić information content (AvgIpc) is 2.97. The molecule has 1 aromatic heterocycles. The molecule has 5 nitrogen and oxygen atoms in total. The molecule has 0 fully saturated rings. The molecule has 3 aromatic rings. The Balaban J connectivity index is 1.66. The number of halogens is 1. The van der Waals surface area contributed by atoms with Crippen LogP contribution in [0.25, 0.3) is 10.9 Å². The van der Waals surface area contributed by atoms with Gasteiger partial charge in [0.25, 0.3) is 0 Å². The van der Waals surface area contributed by atoms with Crippen molar-refractivity contribution in [2.24, 2.45) is 0 Å². The van der Waals surface area contributed by atoms with Crippen molar-refractivity contribution >= 4 is 34.3 Å². The Kier molecular flexibility index (Phi) is 5.05. The summed E-state index contributed by atoms with van der Waals surface area (Å²) in [6.07, 6.45) is 0. The van der Waals surface area contributed by atoms with E-state index < -0.39 is 5.97 Å². The van der Waals surface area contributed by atoms with E-state index in [1.54, 1.807) is 30.3 Å². The molecule has 0 amide bonds. The number of carbonyl (C=O) groups is 2. The topological polar surface area (TPSA) is 68.4 Å². The first-order valence-corrected chi connectivity index (χ1v) is 8.17. The first-order chi connectivity index (χ1) is 12.1. The standard InChI is InChI=1S/C19H16ClNO4/c1-2-24-13-9-7-12(8-10-13)16(22)11-25-19(23)18-17(20)14-5-3-4-6-15(14)21-18/h3-10,21H,2,11H2,1H3. The van der Waals surface area contributed by atoms with E-state index in [1.807, 2.05) is 25.1 Å². The van der Waals surface area contributed by atoms with Gasteiger partial charge in [-0.1, -0.05) is 29.8 Å². The van der Waals surface area contributed by atoms with Crippen molar-refractivity contribution in [2.75, 3.05) is 13.2 Å². The molecule has 0 saturated heterocycles. The highest BCUT2D eigenvalue weighted by atomic mass is 35.5. The van der Waals surface area contributed by atoms with Gasteiger partial charge >= 0.3 is 5.97 Å². The van der Waals surface area contributed by atoms with Crippen molar-refractivity contribution < 1.29 is 19.1 Å². The maximum Gasteiger partial charge on any atom is 0.356 e. The second-order valence-electron chi connectivity index (χ2n) is 5.32. The van der Waals surface area contributed by atoms with Gasteiger partial charge < -0.3 is 14.5 Å². The molecule has 0 radical (unpaired) electrons.